The topological polar surface area (TPSA) is 68.2 Å². The maximum Gasteiger partial charge on any atom is 0.311 e. The van der Waals surface area contributed by atoms with E-state index in [1.807, 2.05) is 51.1 Å². The summed E-state index contributed by atoms with van der Waals surface area (Å²) in [6.07, 6.45) is 3.53. The van der Waals surface area contributed by atoms with Crippen LogP contribution in [-0.4, -0.2) is 39.8 Å². The smallest absolute Gasteiger partial charge is 0.311 e. The van der Waals surface area contributed by atoms with E-state index >= 15 is 0 Å². The first-order valence-corrected chi connectivity index (χ1v) is 8.65. The molecule has 0 N–H and O–H groups in total. The molecule has 3 rings (SSSR count). The number of hydrogen-bond donors (Lipinski definition) is 0. The van der Waals surface area contributed by atoms with Crippen molar-refractivity contribution in [3.8, 4) is 11.4 Å². The van der Waals surface area contributed by atoms with Crippen LogP contribution in [0.5, 0.6) is 0 Å². The molecule has 6 heteroatoms. The van der Waals surface area contributed by atoms with E-state index in [9.17, 15) is 4.79 Å². The van der Waals surface area contributed by atoms with Crippen LogP contribution in [0.2, 0.25) is 0 Å². The minimum atomic E-state index is -0.455. The number of aromatic nitrogens is 3. The van der Waals surface area contributed by atoms with Crippen molar-refractivity contribution in [1.29, 1.82) is 0 Å². The van der Waals surface area contributed by atoms with Crippen molar-refractivity contribution in [1.82, 2.24) is 15.2 Å². The molecule has 0 aromatic carbocycles. The van der Waals surface area contributed by atoms with Crippen molar-refractivity contribution in [3.63, 3.8) is 0 Å². The minimum absolute atomic E-state index is 0.120. The summed E-state index contributed by atoms with van der Waals surface area (Å²) in [5, 5.41) is 8.61. The number of rotatable bonds is 3. The van der Waals surface area contributed by atoms with Crippen LogP contribution in [0.4, 0.5) is 5.82 Å². The number of esters is 1. The summed E-state index contributed by atoms with van der Waals surface area (Å²) in [7, 11) is 0. The van der Waals surface area contributed by atoms with Gasteiger partial charge < -0.3 is 9.64 Å². The van der Waals surface area contributed by atoms with E-state index in [2.05, 4.69) is 20.1 Å². The molecule has 0 radical (unpaired) electrons. The Kier molecular flexibility index (Phi) is 4.97. The maximum absolute atomic E-state index is 12.3. The van der Waals surface area contributed by atoms with E-state index < -0.39 is 5.60 Å². The number of anilines is 1. The molecule has 0 amide bonds. The molecule has 0 bridgehead atoms. The second-order valence-corrected chi connectivity index (χ2v) is 7.31. The molecule has 1 saturated heterocycles. The molecule has 1 aliphatic rings. The highest BCUT2D eigenvalue weighted by molar-refractivity contribution is 5.74. The summed E-state index contributed by atoms with van der Waals surface area (Å²) in [5.41, 5.74) is 1.08. The fraction of sp³-hybridized carbons (Fsp3) is 0.474. The van der Waals surface area contributed by atoms with Crippen LogP contribution in [0.1, 0.15) is 33.6 Å². The van der Waals surface area contributed by atoms with Crippen LogP contribution >= 0.6 is 0 Å². The van der Waals surface area contributed by atoms with Gasteiger partial charge in [0.1, 0.15) is 11.3 Å². The highest BCUT2D eigenvalue weighted by Gasteiger charge is 2.30. The van der Waals surface area contributed by atoms with E-state index in [-0.39, 0.29) is 11.9 Å². The molecule has 2 aromatic rings. The molecular formula is C19H24N4O2. The molecule has 0 saturated carbocycles. The number of hydrogen-bond acceptors (Lipinski definition) is 6. The van der Waals surface area contributed by atoms with Gasteiger partial charge in [0, 0.05) is 19.3 Å². The summed E-state index contributed by atoms with van der Waals surface area (Å²) >= 11 is 0. The first kappa shape index (κ1) is 17.3. The minimum Gasteiger partial charge on any atom is -0.460 e. The number of ether oxygens (including phenoxy) is 1. The van der Waals surface area contributed by atoms with Crippen molar-refractivity contribution in [2.45, 2.75) is 39.2 Å². The Morgan fingerprint density at radius 1 is 1.16 bits per heavy atom. The van der Waals surface area contributed by atoms with E-state index in [1.54, 1.807) is 6.20 Å². The SMILES string of the molecule is CC(C)(C)OC(=O)[C@@H]1CCCN(c2ccc(-c3ccccn3)nn2)C1. The molecule has 0 spiro atoms. The van der Waals surface area contributed by atoms with E-state index in [0.29, 0.717) is 6.54 Å². The lowest BCUT2D eigenvalue weighted by atomic mass is 9.98. The molecule has 25 heavy (non-hydrogen) atoms. The second-order valence-electron chi connectivity index (χ2n) is 7.31. The van der Waals surface area contributed by atoms with Gasteiger partial charge in [-0.15, -0.1) is 10.2 Å². The highest BCUT2D eigenvalue weighted by atomic mass is 16.6. The van der Waals surface area contributed by atoms with Gasteiger partial charge in [0.15, 0.2) is 5.82 Å². The van der Waals surface area contributed by atoms with Gasteiger partial charge in [-0.25, -0.2) is 0 Å². The summed E-state index contributed by atoms with van der Waals surface area (Å²) < 4.78 is 5.53. The van der Waals surface area contributed by atoms with Gasteiger partial charge in [-0.2, -0.15) is 0 Å². The normalized spacial score (nSPS) is 18.0. The number of carbonyl (C=O) groups is 1. The Labute approximate surface area is 148 Å². The number of pyridine rings is 1. The van der Waals surface area contributed by atoms with Crippen molar-refractivity contribution >= 4 is 11.8 Å². The third-order valence-corrected chi connectivity index (χ3v) is 4.06. The molecule has 6 nitrogen and oxygen atoms in total. The number of piperidine rings is 1. The Morgan fingerprint density at radius 2 is 2.00 bits per heavy atom. The summed E-state index contributed by atoms with van der Waals surface area (Å²) in [6, 6.07) is 9.56. The lowest BCUT2D eigenvalue weighted by Crippen LogP contribution is -2.41. The Bertz CT molecular complexity index is 710. The van der Waals surface area contributed by atoms with Gasteiger partial charge in [-0.3, -0.25) is 9.78 Å². The highest BCUT2D eigenvalue weighted by Crippen LogP contribution is 2.24. The quantitative estimate of drug-likeness (QED) is 0.800. The van der Waals surface area contributed by atoms with E-state index in [1.165, 1.54) is 0 Å². The molecular weight excluding hydrogens is 316 g/mol. The van der Waals surface area contributed by atoms with E-state index in [4.69, 9.17) is 4.74 Å². The summed E-state index contributed by atoms with van der Waals surface area (Å²) in [6.45, 7) is 7.18. The zero-order chi connectivity index (χ0) is 17.9. The molecule has 0 unspecified atom stereocenters. The molecule has 1 aliphatic heterocycles. The van der Waals surface area contributed by atoms with Crippen LogP contribution < -0.4 is 4.90 Å². The first-order valence-electron chi connectivity index (χ1n) is 8.65. The monoisotopic (exact) mass is 340 g/mol. The lowest BCUT2D eigenvalue weighted by molar-refractivity contribution is -0.160. The van der Waals surface area contributed by atoms with E-state index in [0.717, 1.165) is 36.6 Å². The third-order valence-electron chi connectivity index (χ3n) is 4.06. The fourth-order valence-electron chi connectivity index (χ4n) is 2.91. The standard InChI is InChI=1S/C19H24N4O2/c1-19(2,3)25-18(24)14-7-6-12-23(13-14)17-10-9-16(21-22-17)15-8-4-5-11-20-15/h4-5,8-11,14H,6-7,12-13H2,1-3H3/t14-/m1/s1. The lowest BCUT2D eigenvalue weighted by Gasteiger charge is -2.33. The number of carbonyl (C=O) groups excluding carboxylic acids is 1. The average Bonchev–Trinajstić information content (AvgIpc) is 2.61. The van der Waals surface area contributed by atoms with Crippen molar-refractivity contribution in [3.05, 3.63) is 36.5 Å². The van der Waals surface area contributed by atoms with Gasteiger partial charge in [0.25, 0.3) is 0 Å². The third kappa shape index (κ3) is 4.53. The van der Waals surface area contributed by atoms with Gasteiger partial charge >= 0.3 is 5.97 Å². The largest absolute Gasteiger partial charge is 0.460 e. The second kappa shape index (κ2) is 7.17. The number of nitrogens with zero attached hydrogens (tertiary/aromatic N) is 4. The molecule has 3 heterocycles. The van der Waals surface area contributed by atoms with Crippen molar-refractivity contribution < 1.29 is 9.53 Å². The summed E-state index contributed by atoms with van der Waals surface area (Å²) in [5.74, 6) is 0.536. The molecule has 1 atom stereocenters. The zero-order valence-electron chi connectivity index (χ0n) is 15.0. The zero-order valence-corrected chi connectivity index (χ0v) is 15.0. The fourth-order valence-corrected chi connectivity index (χ4v) is 2.91. The Morgan fingerprint density at radius 3 is 2.64 bits per heavy atom. The van der Waals surface area contributed by atoms with Crippen LogP contribution in [0.15, 0.2) is 36.5 Å². The maximum atomic E-state index is 12.3. The van der Waals surface area contributed by atoms with Gasteiger partial charge in [-0.1, -0.05) is 6.07 Å². The summed E-state index contributed by atoms with van der Waals surface area (Å²) in [4.78, 5) is 18.7. The predicted molar refractivity (Wildman–Crippen MR) is 96.0 cm³/mol. The van der Waals surface area contributed by atoms with Crippen LogP contribution in [0, 0.1) is 5.92 Å². The first-order chi connectivity index (χ1) is 11.9. The predicted octanol–water partition coefficient (Wildman–Crippen LogP) is 3.10. The van der Waals surface area contributed by atoms with Crippen LogP contribution in [0.3, 0.4) is 0 Å². The van der Waals surface area contributed by atoms with Crippen molar-refractivity contribution in [2.24, 2.45) is 5.92 Å². The molecule has 1 fully saturated rings. The molecule has 2 aromatic heterocycles. The van der Waals surface area contributed by atoms with Gasteiger partial charge in [-0.05, 0) is 57.9 Å². The Hall–Kier alpha value is -2.50. The average molecular weight is 340 g/mol. The van der Waals surface area contributed by atoms with Crippen LogP contribution in [0.25, 0.3) is 11.4 Å². The molecule has 0 aliphatic carbocycles. The molecule has 132 valence electrons. The van der Waals surface area contributed by atoms with Gasteiger partial charge in [0.2, 0.25) is 0 Å². The van der Waals surface area contributed by atoms with Crippen LogP contribution in [-0.2, 0) is 9.53 Å². The van der Waals surface area contributed by atoms with Crippen molar-refractivity contribution in [2.75, 3.05) is 18.0 Å². The Balaban J connectivity index is 1.68. The van der Waals surface area contributed by atoms with Gasteiger partial charge in [0.05, 0.1) is 11.6 Å².